The third-order valence-electron chi connectivity index (χ3n) is 9.05. The van der Waals surface area contributed by atoms with Crippen LogP contribution in [0.1, 0.15) is 109 Å². The van der Waals surface area contributed by atoms with E-state index in [0.717, 1.165) is 57.4 Å². The highest BCUT2D eigenvalue weighted by Crippen LogP contribution is 2.38. The van der Waals surface area contributed by atoms with Gasteiger partial charge in [0.05, 0.1) is 16.8 Å². The minimum atomic E-state index is -0.844. The third-order valence-corrected chi connectivity index (χ3v) is 9.05. The molecule has 2 amide bonds. The second kappa shape index (κ2) is 10.7. The molecule has 1 aromatic heterocycles. The van der Waals surface area contributed by atoms with E-state index in [1.165, 1.54) is 11.3 Å². The van der Waals surface area contributed by atoms with Gasteiger partial charge in [-0.25, -0.2) is 0 Å². The molecule has 8 heteroatoms. The maximum atomic E-state index is 13.8. The number of piperidine rings is 1. The summed E-state index contributed by atoms with van der Waals surface area (Å²) in [5.74, 6) is -0.0289. The van der Waals surface area contributed by atoms with E-state index in [1.54, 1.807) is 0 Å². The molecule has 1 spiro atoms. The summed E-state index contributed by atoms with van der Waals surface area (Å²) in [5.41, 5.74) is 1.83. The number of carbonyl (C=O) groups excluding carboxylic acids is 2. The Morgan fingerprint density at radius 2 is 1.70 bits per heavy atom. The van der Waals surface area contributed by atoms with E-state index >= 15 is 0 Å². The maximum absolute atomic E-state index is 13.8. The highest BCUT2D eigenvalue weighted by atomic mass is 16.3. The van der Waals surface area contributed by atoms with Crippen molar-refractivity contribution >= 4 is 11.8 Å². The molecule has 2 aliphatic heterocycles. The minimum Gasteiger partial charge on any atom is -0.390 e. The zero-order valence-corrected chi connectivity index (χ0v) is 24.0. The Morgan fingerprint density at radius 1 is 1.05 bits per heavy atom. The Bertz CT molecular complexity index is 980. The van der Waals surface area contributed by atoms with Crippen LogP contribution in [0.15, 0.2) is 0 Å². The number of aryl methyl sites for hydroxylation is 1. The average molecular weight is 516 g/mol. The lowest BCUT2D eigenvalue weighted by atomic mass is 9.77. The smallest absolute Gasteiger partial charge is 0.246 e. The van der Waals surface area contributed by atoms with E-state index < -0.39 is 17.2 Å². The minimum absolute atomic E-state index is 0.00126. The molecule has 8 nitrogen and oxygen atoms in total. The molecule has 37 heavy (non-hydrogen) atoms. The van der Waals surface area contributed by atoms with Crippen molar-refractivity contribution in [3.05, 3.63) is 17.0 Å². The molecule has 0 radical (unpaired) electrons. The summed E-state index contributed by atoms with van der Waals surface area (Å²) in [5, 5.41) is 19.0. The van der Waals surface area contributed by atoms with E-state index in [4.69, 9.17) is 5.10 Å². The second-order valence-electron chi connectivity index (χ2n) is 12.9. The van der Waals surface area contributed by atoms with Crippen LogP contribution in [0.3, 0.4) is 0 Å². The van der Waals surface area contributed by atoms with Gasteiger partial charge in [-0.05, 0) is 66.7 Å². The van der Waals surface area contributed by atoms with Gasteiger partial charge in [0.15, 0.2) is 0 Å². The molecule has 0 aromatic carbocycles. The molecule has 0 unspecified atom stereocenters. The van der Waals surface area contributed by atoms with E-state index in [1.807, 2.05) is 4.90 Å². The van der Waals surface area contributed by atoms with Crippen LogP contribution in [0.4, 0.5) is 0 Å². The number of nitrogens with zero attached hydrogens (tertiary/aromatic N) is 4. The number of rotatable bonds is 7. The molecule has 208 valence electrons. The number of piperazine rings is 1. The van der Waals surface area contributed by atoms with Crippen LogP contribution in [-0.4, -0.2) is 73.3 Å². The molecule has 3 fully saturated rings. The lowest BCUT2D eigenvalue weighted by Gasteiger charge is -2.52. The Hall–Kier alpha value is -1.93. The Balaban J connectivity index is 1.48. The zero-order chi connectivity index (χ0) is 27.0. The number of amides is 2. The van der Waals surface area contributed by atoms with Crippen LogP contribution in [0, 0.1) is 13.8 Å². The van der Waals surface area contributed by atoms with Crippen LogP contribution < -0.4 is 5.32 Å². The van der Waals surface area contributed by atoms with Crippen molar-refractivity contribution in [2.24, 2.45) is 0 Å². The lowest BCUT2D eigenvalue weighted by molar-refractivity contribution is -0.163. The van der Waals surface area contributed by atoms with E-state index in [0.29, 0.717) is 38.6 Å². The van der Waals surface area contributed by atoms with Gasteiger partial charge in [0.25, 0.3) is 0 Å². The Morgan fingerprint density at radius 3 is 2.27 bits per heavy atom. The molecular formula is C29H49N5O3. The molecule has 1 aromatic rings. The van der Waals surface area contributed by atoms with E-state index in [-0.39, 0.29) is 17.4 Å². The fourth-order valence-corrected chi connectivity index (χ4v) is 6.81. The molecule has 4 rings (SSSR count). The van der Waals surface area contributed by atoms with Gasteiger partial charge in [0.1, 0.15) is 11.6 Å². The molecule has 1 saturated carbocycles. The van der Waals surface area contributed by atoms with Crippen molar-refractivity contribution in [1.82, 2.24) is 24.9 Å². The fourth-order valence-electron chi connectivity index (χ4n) is 6.81. The number of likely N-dealkylation sites (tertiary alicyclic amines) is 1. The Kier molecular flexibility index (Phi) is 8.11. The monoisotopic (exact) mass is 515 g/mol. The fraction of sp³-hybridized carbons (Fsp3) is 0.828. The summed E-state index contributed by atoms with van der Waals surface area (Å²) in [4.78, 5) is 31.8. The van der Waals surface area contributed by atoms with Crippen LogP contribution in [0.5, 0.6) is 0 Å². The van der Waals surface area contributed by atoms with Crippen LogP contribution in [0.2, 0.25) is 0 Å². The van der Waals surface area contributed by atoms with E-state index in [9.17, 15) is 14.7 Å². The molecule has 1 aliphatic carbocycles. The van der Waals surface area contributed by atoms with Crippen molar-refractivity contribution in [2.45, 2.75) is 135 Å². The zero-order valence-electron chi connectivity index (χ0n) is 24.0. The molecule has 0 bridgehead atoms. The number of carbonyl (C=O) groups is 2. The normalized spacial score (nSPS) is 24.5. The first-order valence-electron chi connectivity index (χ1n) is 14.5. The van der Waals surface area contributed by atoms with Crippen LogP contribution in [0.25, 0.3) is 0 Å². The molecule has 3 aliphatic rings. The summed E-state index contributed by atoms with van der Waals surface area (Å²) < 4.78 is 2.11. The van der Waals surface area contributed by atoms with Gasteiger partial charge < -0.3 is 15.3 Å². The largest absolute Gasteiger partial charge is 0.390 e. The second-order valence-corrected chi connectivity index (χ2v) is 12.9. The third kappa shape index (κ3) is 5.60. The molecule has 3 heterocycles. The quantitative estimate of drug-likeness (QED) is 0.576. The van der Waals surface area contributed by atoms with Gasteiger partial charge in [0.2, 0.25) is 11.8 Å². The molecule has 1 atom stereocenters. The van der Waals surface area contributed by atoms with Gasteiger partial charge in [-0.3, -0.25) is 19.2 Å². The molecule has 2 saturated heterocycles. The highest BCUT2D eigenvalue weighted by Gasteiger charge is 2.54. The number of aromatic nitrogens is 2. The number of hydrogen-bond donors (Lipinski definition) is 2. The molecular weight excluding hydrogens is 466 g/mol. The number of nitrogens with one attached hydrogen (secondary N) is 1. The van der Waals surface area contributed by atoms with Crippen molar-refractivity contribution in [3.63, 3.8) is 0 Å². The first-order chi connectivity index (χ1) is 17.4. The first kappa shape index (κ1) is 28.1. The van der Waals surface area contributed by atoms with Gasteiger partial charge in [-0.15, -0.1) is 0 Å². The Labute approximate surface area is 223 Å². The summed E-state index contributed by atoms with van der Waals surface area (Å²) in [7, 11) is 0. The number of aliphatic hydroxyl groups is 1. The van der Waals surface area contributed by atoms with Crippen molar-refractivity contribution < 1.29 is 14.7 Å². The number of unbranched alkanes of at least 4 members (excludes halogenated alkanes) is 1. The number of hydrogen-bond acceptors (Lipinski definition) is 5. The van der Waals surface area contributed by atoms with Crippen molar-refractivity contribution in [3.8, 4) is 0 Å². The highest BCUT2D eigenvalue weighted by molar-refractivity contribution is 6.00. The summed E-state index contributed by atoms with van der Waals surface area (Å²) >= 11 is 0. The molecule has 2 N–H and O–H groups in total. The lowest BCUT2D eigenvalue weighted by Crippen LogP contribution is -2.73. The topological polar surface area (TPSA) is 90.7 Å². The first-order valence-corrected chi connectivity index (χ1v) is 14.5. The van der Waals surface area contributed by atoms with Crippen LogP contribution >= 0.6 is 0 Å². The summed E-state index contributed by atoms with van der Waals surface area (Å²) in [6, 6.07) is -0.621. The van der Waals surface area contributed by atoms with Gasteiger partial charge in [-0.2, -0.15) is 5.10 Å². The maximum Gasteiger partial charge on any atom is 0.246 e. The van der Waals surface area contributed by atoms with Gasteiger partial charge in [-0.1, -0.05) is 32.6 Å². The summed E-state index contributed by atoms with van der Waals surface area (Å²) in [6.45, 7) is 15.8. The average Bonchev–Trinajstić information content (AvgIpc) is 3.13. The predicted octanol–water partition coefficient (Wildman–Crippen LogP) is 3.80. The van der Waals surface area contributed by atoms with Gasteiger partial charge in [0, 0.05) is 43.9 Å². The van der Waals surface area contributed by atoms with Crippen molar-refractivity contribution in [2.75, 3.05) is 19.6 Å². The van der Waals surface area contributed by atoms with Gasteiger partial charge >= 0.3 is 0 Å². The van der Waals surface area contributed by atoms with E-state index in [2.05, 4.69) is 56.4 Å². The predicted molar refractivity (Wildman–Crippen MR) is 145 cm³/mol. The standard InChI is InChI=1S/C29H49N5O3/c1-7-8-16-33-25(35)24(19-28(37)12-10-9-11-13-28)30-26(36)29(33)14-17-32(18-15-29)20-23-21(2)31-34(22(23)3)27(4,5)6/h24,37H,7-20H2,1-6H3,(H,30,36)/t24-/m1/s1. The summed E-state index contributed by atoms with van der Waals surface area (Å²) in [6.07, 6.45) is 7.98. The SMILES string of the molecule is CCCCN1C(=O)[C@@H](CC2(O)CCCCC2)NC(=O)C12CCN(Cc1c(C)nn(C(C)(C)C)c1C)CC2. The van der Waals surface area contributed by atoms with Crippen molar-refractivity contribution in [1.29, 1.82) is 0 Å². The van der Waals surface area contributed by atoms with Crippen LogP contribution in [-0.2, 0) is 21.7 Å².